The number of nitrogens with two attached hydrogens (primary N) is 2. The lowest BCUT2D eigenvalue weighted by atomic mass is 10.1. The molecule has 0 unspecified atom stereocenters. The molecule has 4 nitrogen and oxygen atoms in total. The zero-order valence-electron chi connectivity index (χ0n) is 11.2. The Balaban J connectivity index is 2.42. The molecule has 0 aliphatic heterocycles. The van der Waals surface area contributed by atoms with Crippen molar-refractivity contribution in [2.24, 2.45) is 5.73 Å². The Kier molecular flexibility index (Phi) is 4.20. The van der Waals surface area contributed by atoms with E-state index >= 15 is 0 Å². The van der Waals surface area contributed by atoms with Crippen LogP contribution in [-0.2, 0) is 0 Å². The molecule has 4 N–H and O–H groups in total. The van der Waals surface area contributed by atoms with Crippen molar-refractivity contribution in [2.75, 3.05) is 17.2 Å². The smallest absolute Gasteiger partial charge is 0.250 e. The molecule has 1 aliphatic rings. The van der Waals surface area contributed by atoms with Gasteiger partial charge in [0.1, 0.15) is 0 Å². The van der Waals surface area contributed by atoms with Crippen molar-refractivity contribution in [1.29, 1.82) is 0 Å². The summed E-state index contributed by atoms with van der Waals surface area (Å²) in [6, 6.07) is 3.78. The summed E-state index contributed by atoms with van der Waals surface area (Å²) in [5.41, 5.74) is 12.8. The van der Waals surface area contributed by atoms with Crippen LogP contribution >= 0.6 is 11.6 Å². The van der Waals surface area contributed by atoms with E-state index < -0.39 is 5.91 Å². The van der Waals surface area contributed by atoms with Crippen LogP contribution in [0.15, 0.2) is 12.1 Å². The summed E-state index contributed by atoms with van der Waals surface area (Å²) in [5.74, 6) is -0.480. The number of hydrogen-bond donors (Lipinski definition) is 2. The third-order valence-electron chi connectivity index (χ3n) is 3.38. The molecule has 0 atom stereocenters. The van der Waals surface area contributed by atoms with E-state index in [1.54, 1.807) is 12.1 Å². The molecular formula is C14H20ClN3O. The Bertz CT molecular complexity index is 486. The van der Waals surface area contributed by atoms with Crippen LogP contribution in [0.5, 0.6) is 0 Å². The van der Waals surface area contributed by atoms with E-state index in [1.165, 1.54) is 0 Å². The van der Waals surface area contributed by atoms with Gasteiger partial charge < -0.3 is 16.4 Å². The van der Waals surface area contributed by atoms with Gasteiger partial charge in [-0.25, -0.2) is 0 Å². The highest BCUT2D eigenvalue weighted by atomic mass is 35.5. The van der Waals surface area contributed by atoms with Gasteiger partial charge in [-0.15, -0.1) is 0 Å². The molecule has 19 heavy (non-hydrogen) atoms. The number of amides is 1. The van der Waals surface area contributed by atoms with Crippen LogP contribution in [0.1, 0.15) is 43.0 Å². The third-order valence-corrected chi connectivity index (χ3v) is 3.67. The molecule has 1 aromatic rings. The fourth-order valence-electron chi connectivity index (χ4n) is 2.29. The SMILES string of the molecule is CCCCN(c1c(Cl)cc(N)cc1C(N)=O)C1CC1. The van der Waals surface area contributed by atoms with Gasteiger partial charge in [0.25, 0.3) is 5.91 Å². The molecular weight excluding hydrogens is 262 g/mol. The summed E-state index contributed by atoms with van der Waals surface area (Å²) in [4.78, 5) is 13.8. The molecule has 0 spiro atoms. The summed E-state index contributed by atoms with van der Waals surface area (Å²) in [7, 11) is 0. The van der Waals surface area contributed by atoms with Crippen LogP contribution in [0.4, 0.5) is 11.4 Å². The van der Waals surface area contributed by atoms with E-state index in [4.69, 9.17) is 23.1 Å². The summed E-state index contributed by atoms with van der Waals surface area (Å²) < 4.78 is 0. The number of rotatable bonds is 6. The van der Waals surface area contributed by atoms with E-state index in [1.807, 2.05) is 0 Å². The first-order valence-electron chi connectivity index (χ1n) is 6.70. The molecule has 1 saturated carbocycles. The highest BCUT2D eigenvalue weighted by molar-refractivity contribution is 6.34. The van der Waals surface area contributed by atoms with Gasteiger partial charge in [0.15, 0.2) is 0 Å². The molecule has 1 aliphatic carbocycles. The van der Waals surface area contributed by atoms with Crippen LogP contribution in [0.2, 0.25) is 5.02 Å². The largest absolute Gasteiger partial charge is 0.399 e. The molecule has 0 radical (unpaired) electrons. The Morgan fingerprint density at radius 3 is 2.68 bits per heavy atom. The van der Waals surface area contributed by atoms with Gasteiger partial charge in [-0.2, -0.15) is 0 Å². The van der Waals surface area contributed by atoms with Crippen molar-refractivity contribution in [1.82, 2.24) is 0 Å². The van der Waals surface area contributed by atoms with Gasteiger partial charge >= 0.3 is 0 Å². The lowest BCUT2D eigenvalue weighted by molar-refractivity contribution is 0.100. The van der Waals surface area contributed by atoms with Crippen molar-refractivity contribution in [2.45, 2.75) is 38.6 Å². The topological polar surface area (TPSA) is 72.3 Å². The standard InChI is InChI=1S/C14H20ClN3O/c1-2-3-6-18(10-4-5-10)13-11(14(17)19)7-9(16)8-12(13)15/h7-8,10H,2-6,16H2,1H3,(H2,17,19). The molecule has 5 heteroatoms. The average molecular weight is 282 g/mol. The Labute approximate surface area is 118 Å². The van der Waals surface area contributed by atoms with Crippen molar-refractivity contribution in [3.8, 4) is 0 Å². The van der Waals surface area contributed by atoms with Gasteiger partial charge in [0.05, 0.1) is 16.3 Å². The minimum Gasteiger partial charge on any atom is -0.399 e. The van der Waals surface area contributed by atoms with Gasteiger partial charge in [-0.1, -0.05) is 24.9 Å². The number of nitrogen functional groups attached to an aromatic ring is 1. The van der Waals surface area contributed by atoms with Crippen LogP contribution < -0.4 is 16.4 Å². The summed E-state index contributed by atoms with van der Waals surface area (Å²) in [6.07, 6.45) is 4.45. The zero-order valence-corrected chi connectivity index (χ0v) is 11.9. The predicted molar refractivity (Wildman–Crippen MR) is 79.7 cm³/mol. The second-order valence-corrected chi connectivity index (χ2v) is 5.45. The Morgan fingerprint density at radius 2 is 2.16 bits per heavy atom. The number of anilines is 2. The number of carbonyl (C=O) groups is 1. The molecule has 0 saturated heterocycles. The first-order valence-corrected chi connectivity index (χ1v) is 7.07. The fraction of sp³-hybridized carbons (Fsp3) is 0.500. The number of hydrogen-bond acceptors (Lipinski definition) is 3. The summed E-state index contributed by atoms with van der Waals surface area (Å²) >= 11 is 6.29. The van der Waals surface area contributed by atoms with Crippen molar-refractivity contribution < 1.29 is 4.79 Å². The first kappa shape index (κ1) is 14.0. The maximum absolute atomic E-state index is 11.6. The molecule has 1 aromatic carbocycles. The Morgan fingerprint density at radius 1 is 1.47 bits per heavy atom. The van der Waals surface area contributed by atoms with Gasteiger partial charge in [0, 0.05) is 18.3 Å². The average Bonchev–Trinajstić information content (AvgIpc) is 3.15. The quantitative estimate of drug-likeness (QED) is 0.788. The first-order chi connectivity index (χ1) is 9.04. The van der Waals surface area contributed by atoms with Crippen LogP contribution in [0.3, 0.4) is 0 Å². The lowest BCUT2D eigenvalue weighted by Crippen LogP contribution is -2.30. The van der Waals surface area contributed by atoms with Gasteiger partial charge in [0.2, 0.25) is 0 Å². The highest BCUT2D eigenvalue weighted by Gasteiger charge is 2.32. The molecule has 104 valence electrons. The van der Waals surface area contributed by atoms with E-state index in [-0.39, 0.29) is 0 Å². The monoisotopic (exact) mass is 281 g/mol. The number of halogens is 1. The Hall–Kier alpha value is -1.42. The van der Waals surface area contributed by atoms with E-state index in [9.17, 15) is 4.79 Å². The molecule has 0 aromatic heterocycles. The minimum absolute atomic E-state index is 0.424. The third kappa shape index (κ3) is 3.13. The summed E-state index contributed by atoms with van der Waals surface area (Å²) in [6.45, 7) is 3.04. The zero-order chi connectivity index (χ0) is 14.0. The highest BCUT2D eigenvalue weighted by Crippen LogP contribution is 2.39. The number of unbranched alkanes of at least 4 members (excludes halogenated alkanes) is 1. The summed E-state index contributed by atoms with van der Waals surface area (Å²) in [5, 5.41) is 0.511. The van der Waals surface area contributed by atoms with Crippen molar-refractivity contribution >= 4 is 28.9 Å². The number of carbonyl (C=O) groups excluding carboxylic acids is 1. The van der Waals surface area contributed by atoms with Crippen molar-refractivity contribution in [3.05, 3.63) is 22.7 Å². The maximum atomic E-state index is 11.6. The normalized spacial score (nSPS) is 14.4. The van der Waals surface area contributed by atoms with Gasteiger partial charge in [-0.3, -0.25) is 4.79 Å². The van der Waals surface area contributed by atoms with Crippen LogP contribution in [-0.4, -0.2) is 18.5 Å². The van der Waals surface area contributed by atoms with E-state index in [0.717, 1.165) is 37.9 Å². The maximum Gasteiger partial charge on any atom is 0.250 e. The second-order valence-electron chi connectivity index (χ2n) is 5.04. The van der Waals surface area contributed by atoms with Crippen LogP contribution in [0.25, 0.3) is 0 Å². The van der Waals surface area contributed by atoms with Crippen molar-refractivity contribution in [3.63, 3.8) is 0 Å². The molecule has 1 fully saturated rings. The fourth-order valence-corrected chi connectivity index (χ4v) is 2.63. The number of primary amides is 1. The van der Waals surface area contributed by atoms with E-state index in [2.05, 4.69) is 11.8 Å². The van der Waals surface area contributed by atoms with Gasteiger partial charge in [-0.05, 0) is 31.4 Å². The molecule has 0 heterocycles. The molecule has 2 rings (SSSR count). The molecule has 0 bridgehead atoms. The van der Waals surface area contributed by atoms with Crippen LogP contribution in [0, 0.1) is 0 Å². The lowest BCUT2D eigenvalue weighted by Gasteiger charge is -2.27. The molecule has 1 amide bonds. The number of nitrogens with zero attached hydrogens (tertiary/aromatic N) is 1. The number of benzene rings is 1. The second kappa shape index (κ2) is 5.70. The minimum atomic E-state index is -0.480. The predicted octanol–water partition coefficient (Wildman–Crippen LogP) is 2.79. The van der Waals surface area contributed by atoms with E-state index in [0.29, 0.717) is 22.3 Å².